The standard InChI is InChI=1S/C25H35FO5/c1-14(2)31-13-21(29)25(30)15(3)10-19-18-7-6-16-11-17(27)8-9-22(16,4)24(18,26)20(28)12-23(19,25)5/h8-9,11,14-15,18-20,28,30H,6-7,10,12-13H2,1-5H3/t15-,18-,19-,20-,22-,23-,24-,25-/m0/s1. The minimum Gasteiger partial charge on any atom is -0.390 e. The van der Waals surface area contributed by atoms with E-state index in [1.54, 1.807) is 13.0 Å². The molecule has 4 rings (SSSR count). The lowest BCUT2D eigenvalue weighted by Gasteiger charge is -2.62. The molecule has 0 aliphatic heterocycles. The number of allylic oxidation sites excluding steroid dienone is 4. The normalized spacial score (nSPS) is 48.8. The number of ether oxygens (including phenoxy) is 1. The molecule has 6 heteroatoms. The summed E-state index contributed by atoms with van der Waals surface area (Å²) in [5.41, 5.74) is -4.93. The number of hydrogen-bond donors (Lipinski definition) is 2. The first kappa shape index (κ1) is 22.8. The van der Waals surface area contributed by atoms with Crippen LogP contribution in [0.1, 0.15) is 60.3 Å². The number of aliphatic hydroxyl groups excluding tert-OH is 1. The Balaban J connectivity index is 1.75. The molecule has 0 amide bonds. The number of fused-ring (bicyclic) bond motifs is 5. The number of ketones is 2. The molecule has 4 aliphatic carbocycles. The van der Waals surface area contributed by atoms with Crippen molar-refractivity contribution in [2.45, 2.75) is 83.8 Å². The molecule has 31 heavy (non-hydrogen) atoms. The van der Waals surface area contributed by atoms with Gasteiger partial charge in [0.2, 0.25) is 0 Å². The van der Waals surface area contributed by atoms with Crippen molar-refractivity contribution in [3.05, 3.63) is 23.8 Å². The van der Waals surface area contributed by atoms with Crippen molar-refractivity contribution in [3.63, 3.8) is 0 Å². The highest BCUT2D eigenvalue weighted by Crippen LogP contribution is 2.70. The molecule has 0 heterocycles. The maximum atomic E-state index is 17.1. The fourth-order valence-corrected chi connectivity index (χ4v) is 7.49. The first-order valence-electron chi connectivity index (χ1n) is 11.5. The Morgan fingerprint density at radius 3 is 2.65 bits per heavy atom. The second-order valence-corrected chi connectivity index (χ2v) is 11.0. The summed E-state index contributed by atoms with van der Waals surface area (Å²) in [6.07, 6.45) is 4.58. The maximum absolute atomic E-state index is 17.1. The number of hydrogen-bond acceptors (Lipinski definition) is 5. The lowest BCUT2D eigenvalue weighted by molar-refractivity contribution is -0.220. The molecule has 3 fully saturated rings. The van der Waals surface area contributed by atoms with Crippen LogP contribution in [0.25, 0.3) is 0 Å². The van der Waals surface area contributed by atoms with Crippen LogP contribution in [0.4, 0.5) is 4.39 Å². The van der Waals surface area contributed by atoms with Crippen molar-refractivity contribution in [3.8, 4) is 0 Å². The van der Waals surface area contributed by atoms with E-state index in [1.807, 2.05) is 27.7 Å². The van der Waals surface area contributed by atoms with Crippen LogP contribution in [0, 0.1) is 28.6 Å². The van der Waals surface area contributed by atoms with Gasteiger partial charge in [-0.1, -0.05) is 25.5 Å². The van der Waals surface area contributed by atoms with Gasteiger partial charge in [0.25, 0.3) is 0 Å². The highest BCUT2D eigenvalue weighted by molar-refractivity contribution is 6.01. The summed E-state index contributed by atoms with van der Waals surface area (Å²) in [5.74, 6) is -1.68. The number of Topliss-reactive ketones (excluding diaryl/α,β-unsaturated/α-hetero) is 1. The maximum Gasteiger partial charge on any atom is 0.190 e. The lowest BCUT2D eigenvalue weighted by atomic mass is 9.44. The summed E-state index contributed by atoms with van der Waals surface area (Å²) in [6, 6.07) is 0. The van der Waals surface area contributed by atoms with Crippen LogP contribution in [0.3, 0.4) is 0 Å². The Bertz CT molecular complexity index is 864. The third-order valence-electron chi connectivity index (χ3n) is 9.20. The Morgan fingerprint density at radius 2 is 2.00 bits per heavy atom. The van der Waals surface area contributed by atoms with Crippen molar-refractivity contribution < 1.29 is 28.9 Å². The van der Waals surface area contributed by atoms with E-state index in [4.69, 9.17) is 4.74 Å². The summed E-state index contributed by atoms with van der Waals surface area (Å²) in [6.45, 7) is 8.92. The Kier molecular flexibility index (Phi) is 5.20. The fraction of sp³-hybridized carbons (Fsp3) is 0.760. The van der Waals surface area contributed by atoms with Gasteiger partial charge in [0.15, 0.2) is 17.2 Å². The van der Waals surface area contributed by atoms with Crippen LogP contribution in [0.15, 0.2) is 23.8 Å². The third-order valence-corrected chi connectivity index (χ3v) is 9.20. The van der Waals surface area contributed by atoms with Crippen molar-refractivity contribution >= 4 is 11.6 Å². The zero-order chi connectivity index (χ0) is 23.0. The number of rotatable bonds is 4. The number of alkyl halides is 1. The molecule has 0 bridgehead atoms. The molecule has 0 aromatic rings. The van der Waals surface area contributed by atoms with E-state index in [0.29, 0.717) is 19.3 Å². The minimum atomic E-state index is -1.96. The molecule has 0 unspecified atom stereocenters. The molecular weight excluding hydrogens is 399 g/mol. The Morgan fingerprint density at radius 1 is 1.32 bits per heavy atom. The number of carbonyl (C=O) groups is 2. The van der Waals surface area contributed by atoms with Crippen LogP contribution >= 0.6 is 0 Å². The van der Waals surface area contributed by atoms with E-state index >= 15 is 4.39 Å². The van der Waals surface area contributed by atoms with E-state index in [2.05, 4.69) is 0 Å². The topological polar surface area (TPSA) is 83.8 Å². The van der Waals surface area contributed by atoms with Gasteiger partial charge in [-0.05, 0) is 70.4 Å². The summed E-state index contributed by atoms with van der Waals surface area (Å²) >= 11 is 0. The predicted molar refractivity (Wildman–Crippen MR) is 114 cm³/mol. The van der Waals surface area contributed by atoms with Crippen molar-refractivity contribution in [2.24, 2.45) is 28.6 Å². The first-order chi connectivity index (χ1) is 14.3. The van der Waals surface area contributed by atoms with E-state index in [0.717, 1.165) is 5.57 Å². The molecule has 4 aliphatic rings. The van der Waals surface area contributed by atoms with E-state index in [-0.39, 0.29) is 42.5 Å². The second kappa shape index (κ2) is 7.06. The van der Waals surface area contributed by atoms with E-state index < -0.39 is 34.1 Å². The zero-order valence-electron chi connectivity index (χ0n) is 19.2. The fourth-order valence-electron chi connectivity index (χ4n) is 7.49. The summed E-state index contributed by atoms with van der Waals surface area (Å²) < 4.78 is 22.6. The van der Waals surface area contributed by atoms with Crippen molar-refractivity contribution in [1.82, 2.24) is 0 Å². The van der Waals surface area contributed by atoms with Gasteiger partial charge in [-0.15, -0.1) is 0 Å². The quantitative estimate of drug-likeness (QED) is 0.709. The largest absolute Gasteiger partial charge is 0.390 e. The predicted octanol–water partition coefficient (Wildman–Crippen LogP) is 3.33. The average Bonchev–Trinajstić information content (AvgIpc) is 2.89. The van der Waals surface area contributed by atoms with Gasteiger partial charge in [0.1, 0.15) is 12.2 Å². The molecule has 5 nitrogen and oxygen atoms in total. The van der Waals surface area contributed by atoms with Gasteiger partial charge >= 0.3 is 0 Å². The summed E-state index contributed by atoms with van der Waals surface area (Å²) in [7, 11) is 0. The number of aliphatic hydroxyl groups is 2. The van der Waals surface area contributed by atoms with E-state index in [1.165, 1.54) is 12.2 Å². The average molecular weight is 435 g/mol. The molecule has 0 aromatic carbocycles. The molecule has 3 saturated carbocycles. The Labute approximate surface area is 183 Å². The van der Waals surface area contributed by atoms with Gasteiger partial charge in [-0.2, -0.15) is 0 Å². The van der Waals surface area contributed by atoms with Gasteiger partial charge in [-0.25, -0.2) is 4.39 Å². The van der Waals surface area contributed by atoms with Crippen molar-refractivity contribution in [1.29, 1.82) is 0 Å². The monoisotopic (exact) mass is 434 g/mol. The molecule has 0 spiro atoms. The zero-order valence-corrected chi connectivity index (χ0v) is 19.2. The van der Waals surface area contributed by atoms with Crippen LogP contribution in [-0.4, -0.2) is 51.9 Å². The van der Waals surface area contributed by atoms with Crippen LogP contribution in [-0.2, 0) is 14.3 Å². The van der Waals surface area contributed by atoms with Gasteiger partial charge < -0.3 is 14.9 Å². The third kappa shape index (κ3) is 2.77. The van der Waals surface area contributed by atoms with Crippen molar-refractivity contribution in [2.75, 3.05) is 6.61 Å². The lowest BCUT2D eigenvalue weighted by Crippen LogP contribution is -2.69. The smallest absolute Gasteiger partial charge is 0.190 e. The molecule has 0 saturated heterocycles. The Hall–Kier alpha value is -1.37. The number of carbonyl (C=O) groups excluding carboxylic acids is 2. The SMILES string of the molecule is CC(C)OCC(=O)[C@@]1(O)[C@@H](C)C[C@H]2[C@@H]3CCC4=CC(=O)C=C[C@]4(C)[C@@]3(F)[C@@H](O)C[C@@]21C. The van der Waals surface area contributed by atoms with Crippen LogP contribution in [0.2, 0.25) is 0 Å². The number of halogens is 1. The molecule has 172 valence electrons. The second-order valence-electron chi connectivity index (χ2n) is 11.0. The highest BCUT2D eigenvalue weighted by atomic mass is 19.1. The molecule has 0 aromatic heterocycles. The molecule has 2 N–H and O–H groups in total. The van der Waals surface area contributed by atoms with Gasteiger partial charge in [0, 0.05) is 16.7 Å². The summed E-state index contributed by atoms with van der Waals surface area (Å²) in [5, 5.41) is 23.1. The van der Waals surface area contributed by atoms with Crippen LogP contribution < -0.4 is 0 Å². The first-order valence-corrected chi connectivity index (χ1v) is 11.5. The summed E-state index contributed by atoms with van der Waals surface area (Å²) in [4.78, 5) is 25.1. The van der Waals surface area contributed by atoms with Gasteiger partial charge in [-0.3, -0.25) is 9.59 Å². The minimum absolute atomic E-state index is 0.0103. The molecular formula is C25H35FO5. The van der Waals surface area contributed by atoms with E-state index in [9.17, 15) is 19.8 Å². The highest BCUT2D eigenvalue weighted by Gasteiger charge is 2.75. The molecule has 8 atom stereocenters. The van der Waals surface area contributed by atoms with Gasteiger partial charge in [0.05, 0.1) is 12.2 Å². The van der Waals surface area contributed by atoms with Crippen LogP contribution in [0.5, 0.6) is 0 Å². The molecule has 0 radical (unpaired) electrons.